The van der Waals surface area contributed by atoms with E-state index in [4.69, 9.17) is 9.47 Å². The summed E-state index contributed by atoms with van der Waals surface area (Å²) in [5.41, 5.74) is 3.86. The van der Waals surface area contributed by atoms with Crippen molar-refractivity contribution in [2.24, 2.45) is 0 Å². The van der Waals surface area contributed by atoms with Gasteiger partial charge in [0.05, 0.1) is 11.7 Å². The number of likely N-dealkylation sites (tertiary alicyclic amines) is 1. The van der Waals surface area contributed by atoms with Crippen LogP contribution in [0.25, 0.3) is 0 Å². The molecule has 0 radical (unpaired) electrons. The molecule has 1 saturated heterocycles. The first-order valence-electron chi connectivity index (χ1n) is 9.66. The molecule has 1 fully saturated rings. The molecule has 144 valence electrons. The van der Waals surface area contributed by atoms with Gasteiger partial charge in [-0.1, -0.05) is 0 Å². The van der Waals surface area contributed by atoms with E-state index in [9.17, 15) is 4.39 Å². The molecule has 0 amide bonds. The number of nitrogens with zero attached hydrogens (tertiary/aromatic N) is 3. The van der Waals surface area contributed by atoms with Gasteiger partial charge in [0.2, 0.25) is 0 Å². The molecule has 2 atom stereocenters. The minimum absolute atomic E-state index is 0.118. The zero-order chi connectivity index (χ0) is 19.0. The van der Waals surface area contributed by atoms with Crippen molar-refractivity contribution >= 4 is 0 Å². The summed E-state index contributed by atoms with van der Waals surface area (Å²) < 4.78 is 25.7. The molecule has 0 spiro atoms. The fourth-order valence-corrected chi connectivity index (χ4v) is 4.16. The molecule has 2 aromatic heterocycles. The third-order valence-corrected chi connectivity index (χ3v) is 5.49. The Labute approximate surface area is 159 Å². The van der Waals surface area contributed by atoms with Crippen molar-refractivity contribution in [3.8, 4) is 11.6 Å². The predicted octanol–water partition coefficient (Wildman–Crippen LogP) is 3.94. The standard InChI is InChI=1S/C21H26FN3O2/c1-13-9-17(10-14(2)23-13)16-5-4-6-25(12-16)15(3)20-18(22)11-19-21(24-20)27-8-7-26-19/h9-11,15-16H,4-8,12H2,1-3H3. The van der Waals surface area contributed by atoms with Gasteiger partial charge < -0.3 is 9.47 Å². The third kappa shape index (κ3) is 3.76. The summed E-state index contributed by atoms with van der Waals surface area (Å²) in [7, 11) is 0. The van der Waals surface area contributed by atoms with Crippen LogP contribution in [0.1, 0.15) is 54.4 Å². The fraction of sp³-hybridized carbons (Fsp3) is 0.524. The van der Waals surface area contributed by atoms with E-state index in [0.717, 1.165) is 37.3 Å². The first kappa shape index (κ1) is 18.2. The van der Waals surface area contributed by atoms with Crippen molar-refractivity contribution in [3.05, 3.63) is 46.7 Å². The fourth-order valence-electron chi connectivity index (χ4n) is 4.16. The van der Waals surface area contributed by atoms with Crippen molar-refractivity contribution in [1.29, 1.82) is 0 Å². The molecule has 0 aliphatic carbocycles. The van der Waals surface area contributed by atoms with Crippen LogP contribution in [0.3, 0.4) is 0 Å². The van der Waals surface area contributed by atoms with Crippen molar-refractivity contribution in [2.45, 2.75) is 45.6 Å². The van der Waals surface area contributed by atoms with Gasteiger partial charge >= 0.3 is 0 Å². The minimum atomic E-state index is -0.329. The van der Waals surface area contributed by atoms with E-state index in [0.29, 0.717) is 36.5 Å². The first-order valence-corrected chi connectivity index (χ1v) is 9.66. The summed E-state index contributed by atoms with van der Waals surface area (Å²) >= 11 is 0. The molecule has 4 heterocycles. The Morgan fingerprint density at radius 2 is 1.85 bits per heavy atom. The number of aromatic nitrogens is 2. The largest absolute Gasteiger partial charge is 0.484 e. The summed E-state index contributed by atoms with van der Waals surface area (Å²) in [4.78, 5) is 11.2. The van der Waals surface area contributed by atoms with Crippen LogP contribution in [-0.2, 0) is 0 Å². The van der Waals surface area contributed by atoms with Gasteiger partial charge in [-0.3, -0.25) is 9.88 Å². The van der Waals surface area contributed by atoms with E-state index in [1.165, 1.54) is 11.6 Å². The van der Waals surface area contributed by atoms with Gasteiger partial charge in [-0.05, 0) is 63.8 Å². The number of piperidine rings is 1. The second-order valence-corrected chi connectivity index (χ2v) is 7.55. The minimum Gasteiger partial charge on any atom is -0.484 e. The van der Waals surface area contributed by atoms with Gasteiger partial charge in [0.1, 0.15) is 19.0 Å². The molecule has 5 nitrogen and oxygen atoms in total. The maximum Gasteiger partial charge on any atom is 0.257 e. The maximum atomic E-state index is 14.7. The number of pyridine rings is 2. The number of rotatable bonds is 3. The second-order valence-electron chi connectivity index (χ2n) is 7.55. The number of hydrogen-bond acceptors (Lipinski definition) is 5. The van der Waals surface area contributed by atoms with Crippen LogP contribution in [0.5, 0.6) is 11.6 Å². The Morgan fingerprint density at radius 1 is 1.11 bits per heavy atom. The van der Waals surface area contributed by atoms with Gasteiger partial charge in [-0.25, -0.2) is 9.37 Å². The summed E-state index contributed by atoms with van der Waals surface area (Å²) in [6.45, 7) is 8.80. The monoisotopic (exact) mass is 371 g/mol. The van der Waals surface area contributed by atoms with E-state index in [-0.39, 0.29) is 11.9 Å². The number of halogens is 1. The van der Waals surface area contributed by atoms with Crippen molar-refractivity contribution in [3.63, 3.8) is 0 Å². The van der Waals surface area contributed by atoms with E-state index >= 15 is 0 Å². The smallest absolute Gasteiger partial charge is 0.257 e. The zero-order valence-electron chi connectivity index (χ0n) is 16.2. The van der Waals surface area contributed by atoms with Crippen molar-refractivity contribution < 1.29 is 13.9 Å². The quantitative estimate of drug-likeness (QED) is 0.818. The molecule has 4 rings (SSSR count). The maximum absolute atomic E-state index is 14.7. The molecule has 27 heavy (non-hydrogen) atoms. The Morgan fingerprint density at radius 3 is 2.63 bits per heavy atom. The lowest BCUT2D eigenvalue weighted by molar-refractivity contribution is 0.144. The Bertz CT molecular complexity index is 822. The summed E-state index contributed by atoms with van der Waals surface area (Å²) in [6, 6.07) is 5.64. The number of hydrogen-bond donors (Lipinski definition) is 0. The molecular weight excluding hydrogens is 345 g/mol. The van der Waals surface area contributed by atoms with E-state index in [1.807, 2.05) is 20.8 Å². The number of ether oxygens (including phenoxy) is 2. The van der Waals surface area contributed by atoms with Crippen molar-refractivity contribution in [2.75, 3.05) is 26.3 Å². The normalized spacial score (nSPS) is 21.1. The molecule has 0 aromatic carbocycles. The molecule has 0 bridgehead atoms. The Balaban J connectivity index is 1.56. The third-order valence-electron chi connectivity index (χ3n) is 5.49. The SMILES string of the molecule is Cc1cc(C2CCCN(C(C)c3nc4c(cc3F)OCCO4)C2)cc(C)n1. The second kappa shape index (κ2) is 7.43. The molecule has 0 saturated carbocycles. The number of aryl methyl sites for hydroxylation is 2. The lowest BCUT2D eigenvalue weighted by atomic mass is 9.89. The van der Waals surface area contributed by atoms with E-state index in [1.54, 1.807) is 0 Å². The van der Waals surface area contributed by atoms with Crippen molar-refractivity contribution in [1.82, 2.24) is 14.9 Å². The molecular formula is C21H26FN3O2. The highest BCUT2D eigenvalue weighted by Crippen LogP contribution is 2.36. The van der Waals surface area contributed by atoms with Crippen LogP contribution in [0.2, 0.25) is 0 Å². The molecule has 2 aliphatic rings. The summed E-state index contributed by atoms with van der Waals surface area (Å²) in [5.74, 6) is 0.902. The van der Waals surface area contributed by atoms with Crippen LogP contribution < -0.4 is 9.47 Å². The number of fused-ring (bicyclic) bond motifs is 1. The van der Waals surface area contributed by atoms with E-state index < -0.39 is 0 Å². The van der Waals surface area contributed by atoms with E-state index in [2.05, 4.69) is 27.0 Å². The van der Waals surface area contributed by atoms with Crippen LogP contribution >= 0.6 is 0 Å². The van der Waals surface area contributed by atoms with Crippen LogP contribution in [0, 0.1) is 19.7 Å². The average Bonchev–Trinajstić information content (AvgIpc) is 2.66. The van der Waals surface area contributed by atoms with Gasteiger partial charge in [-0.2, -0.15) is 0 Å². The summed E-state index contributed by atoms with van der Waals surface area (Å²) in [5, 5.41) is 0. The highest BCUT2D eigenvalue weighted by molar-refractivity contribution is 5.37. The Hall–Kier alpha value is -2.21. The zero-order valence-corrected chi connectivity index (χ0v) is 16.2. The topological polar surface area (TPSA) is 47.5 Å². The molecule has 0 N–H and O–H groups in total. The lowest BCUT2D eigenvalue weighted by Crippen LogP contribution is -2.37. The lowest BCUT2D eigenvalue weighted by Gasteiger charge is -2.37. The molecule has 6 heteroatoms. The van der Waals surface area contributed by atoms with Crippen LogP contribution in [-0.4, -0.2) is 41.2 Å². The van der Waals surface area contributed by atoms with Gasteiger partial charge in [-0.15, -0.1) is 0 Å². The van der Waals surface area contributed by atoms with Gasteiger partial charge in [0.15, 0.2) is 5.75 Å². The van der Waals surface area contributed by atoms with Gasteiger partial charge in [0, 0.05) is 24.0 Å². The Kier molecular flexibility index (Phi) is 5.00. The highest BCUT2D eigenvalue weighted by Gasteiger charge is 2.29. The molecule has 2 aliphatic heterocycles. The van der Waals surface area contributed by atoms with Crippen LogP contribution in [0.15, 0.2) is 18.2 Å². The summed E-state index contributed by atoms with van der Waals surface area (Å²) in [6.07, 6.45) is 2.23. The average molecular weight is 371 g/mol. The van der Waals surface area contributed by atoms with Gasteiger partial charge in [0.25, 0.3) is 5.88 Å². The van der Waals surface area contributed by atoms with Crippen LogP contribution in [0.4, 0.5) is 4.39 Å². The molecule has 2 aromatic rings. The highest BCUT2D eigenvalue weighted by atomic mass is 19.1. The molecule has 2 unspecified atom stereocenters. The predicted molar refractivity (Wildman–Crippen MR) is 101 cm³/mol. The first-order chi connectivity index (χ1) is 13.0.